The minimum atomic E-state index is -4.10. The Morgan fingerprint density at radius 1 is 1.11 bits per heavy atom. The van der Waals surface area contributed by atoms with Gasteiger partial charge in [-0.3, -0.25) is 4.79 Å². The highest BCUT2D eigenvalue weighted by atomic mass is 35.5. The summed E-state index contributed by atoms with van der Waals surface area (Å²) >= 11 is 11.7. The quantitative estimate of drug-likeness (QED) is 0.685. The molecule has 0 heterocycles. The number of carbonyl (C=O) groups excluding carboxylic acids is 2. The summed E-state index contributed by atoms with van der Waals surface area (Å²) in [7, 11) is -2.89. The van der Waals surface area contributed by atoms with Gasteiger partial charge in [-0.25, -0.2) is 13.2 Å². The predicted octanol–water partition coefficient (Wildman–Crippen LogP) is 3.09. The molecule has 0 aromatic heterocycles. The Balaban J connectivity index is 2.19. The number of anilines is 1. The number of methoxy groups -OCH3 is 1. The zero-order chi connectivity index (χ0) is 20.2. The molecule has 2 aromatic rings. The number of esters is 1. The highest BCUT2D eigenvalue weighted by Crippen LogP contribution is 2.25. The average molecular weight is 431 g/mol. The number of ether oxygens (including phenoxy) is 1. The minimum absolute atomic E-state index is 0.0319. The Bertz CT molecular complexity index is 979. The van der Waals surface area contributed by atoms with Crippen LogP contribution in [0.4, 0.5) is 5.69 Å². The molecule has 0 aliphatic carbocycles. The van der Waals surface area contributed by atoms with E-state index >= 15 is 0 Å². The Hall–Kier alpha value is -2.13. The van der Waals surface area contributed by atoms with Crippen LogP contribution in [0.25, 0.3) is 0 Å². The molecule has 2 N–H and O–H groups in total. The molecule has 1 unspecified atom stereocenters. The maximum Gasteiger partial charge on any atom is 0.339 e. The number of nitrogens with one attached hydrogen (secondary N) is 2. The van der Waals surface area contributed by atoms with E-state index in [0.29, 0.717) is 0 Å². The van der Waals surface area contributed by atoms with Crippen molar-refractivity contribution in [2.75, 3.05) is 12.4 Å². The van der Waals surface area contributed by atoms with Gasteiger partial charge in [0, 0.05) is 5.02 Å². The second kappa shape index (κ2) is 8.71. The number of benzene rings is 2. The van der Waals surface area contributed by atoms with E-state index in [-0.39, 0.29) is 26.2 Å². The van der Waals surface area contributed by atoms with Crippen LogP contribution in [-0.4, -0.2) is 33.4 Å². The zero-order valence-corrected chi connectivity index (χ0v) is 16.7. The van der Waals surface area contributed by atoms with Crippen molar-refractivity contribution in [3.8, 4) is 0 Å². The van der Waals surface area contributed by atoms with Crippen LogP contribution in [0.15, 0.2) is 47.4 Å². The third kappa shape index (κ3) is 5.20. The first-order valence-electron chi connectivity index (χ1n) is 7.61. The third-order valence-corrected chi connectivity index (χ3v) is 5.76. The normalized spacial score (nSPS) is 12.3. The molecule has 0 fully saturated rings. The van der Waals surface area contributed by atoms with Gasteiger partial charge in [-0.2, -0.15) is 4.72 Å². The molecule has 27 heavy (non-hydrogen) atoms. The molecule has 0 spiro atoms. The van der Waals surface area contributed by atoms with E-state index in [1.54, 1.807) is 12.1 Å². The standard InChI is InChI=1S/C17H16Cl2N2O5S/c1-10(21-27(24,25)15-9-11(18)7-8-13(15)19)16(22)20-14-6-4-3-5-12(14)17(23)26-2/h3-10,21H,1-2H3,(H,20,22). The Morgan fingerprint density at radius 2 is 1.78 bits per heavy atom. The molecule has 0 aliphatic rings. The van der Waals surface area contributed by atoms with Gasteiger partial charge in [0.2, 0.25) is 15.9 Å². The van der Waals surface area contributed by atoms with Crippen molar-refractivity contribution in [1.29, 1.82) is 0 Å². The van der Waals surface area contributed by atoms with E-state index in [1.165, 1.54) is 44.4 Å². The number of hydrogen-bond donors (Lipinski definition) is 2. The van der Waals surface area contributed by atoms with Gasteiger partial charge in [-0.15, -0.1) is 0 Å². The van der Waals surface area contributed by atoms with Gasteiger partial charge in [0.1, 0.15) is 4.90 Å². The molecule has 1 atom stereocenters. The predicted molar refractivity (Wildman–Crippen MR) is 103 cm³/mol. The molecule has 144 valence electrons. The number of sulfonamides is 1. The lowest BCUT2D eigenvalue weighted by Crippen LogP contribution is -2.41. The Morgan fingerprint density at radius 3 is 2.44 bits per heavy atom. The second-order valence-electron chi connectivity index (χ2n) is 5.44. The van der Waals surface area contributed by atoms with Crippen LogP contribution in [0, 0.1) is 0 Å². The first kappa shape index (κ1) is 21.2. The summed E-state index contributed by atoms with van der Waals surface area (Å²) < 4.78 is 31.8. The van der Waals surface area contributed by atoms with Crippen LogP contribution < -0.4 is 10.0 Å². The number of carbonyl (C=O) groups is 2. The molecule has 0 radical (unpaired) electrons. The molecule has 10 heteroatoms. The van der Waals surface area contributed by atoms with Crippen molar-refractivity contribution in [1.82, 2.24) is 4.72 Å². The SMILES string of the molecule is COC(=O)c1ccccc1NC(=O)C(C)NS(=O)(=O)c1cc(Cl)ccc1Cl. The fourth-order valence-electron chi connectivity index (χ4n) is 2.15. The summed E-state index contributed by atoms with van der Waals surface area (Å²) in [5, 5.41) is 2.65. The number of rotatable bonds is 6. The van der Waals surface area contributed by atoms with Crippen LogP contribution in [0.1, 0.15) is 17.3 Å². The highest BCUT2D eigenvalue weighted by molar-refractivity contribution is 7.89. The molecule has 2 aromatic carbocycles. The fraction of sp³-hybridized carbons (Fsp3) is 0.176. The molecule has 1 amide bonds. The molecule has 7 nitrogen and oxygen atoms in total. The highest BCUT2D eigenvalue weighted by Gasteiger charge is 2.25. The molecule has 2 rings (SSSR count). The molecule has 0 saturated carbocycles. The lowest BCUT2D eigenvalue weighted by molar-refractivity contribution is -0.117. The molecular weight excluding hydrogens is 415 g/mol. The van der Waals surface area contributed by atoms with Gasteiger partial charge in [0.15, 0.2) is 0 Å². The average Bonchev–Trinajstić information content (AvgIpc) is 2.63. The van der Waals surface area contributed by atoms with Crippen molar-refractivity contribution in [3.05, 3.63) is 58.1 Å². The fourth-order valence-corrected chi connectivity index (χ4v) is 4.12. The van der Waals surface area contributed by atoms with Gasteiger partial charge in [0.05, 0.1) is 29.4 Å². The number of halogens is 2. The molecule has 0 bridgehead atoms. The summed E-state index contributed by atoms with van der Waals surface area (Å²) in [5.41, 5.74) is 0.336. The summed E-state index contributed by atoms with van der Waals surface area (Å²) in [6, 6.07) is 9.01. The van der Waals surface area contributed by atoms with Gasteiger partial charge < -0.3 is 10.1 Å². The number of amides is 1. The van der Waals surface area contributed by atoms with E-state index in [1.807, 2.05) is 0 Å². The van der Waals surface area contributed by atoms with Gasteiger partial charge >= 0.3 is 5.97 Å². The first-order chi connectivity index (χ1) is 12.7. The maximum atomic E-state index is 12.5. The van der Waals surface area contributed by atoms with Gasteiger partial charge in [-0.1, -0.05) is 35.3 Å². The monoisotopic (exact) mass is 430 g/mol. The van der Waals surface area contributed by atoms with Crippen molar-refractivity contribution in [3.63, 3.8) is 0 Å². The van der Waals surface area contributed by atoms with Crippen molar-refractivity contribution in [2.45, 2.75) is 17.9 Å². The topological polar surface area (TPSA) is 102 Å². The zero-order valence-electron chi connectivity index (χ0n) is 14.3. The van der Waals surface area contributed by atoms with E-state index in [0.717, 1.165) is 0 Å². The lowest BCUT2D eigenvalue weighted by atomic mass is 10.1. The number of hydrogen-bond acceptors (Lipinski definition) is 5. The minimum Gasteiger partial charge on any atom is -0.465 e. The van der Waals surface area contributed by atoms with E-state index < -0.39 is 27.9 Å². The van der Waals surface area contributed by atoms with Crippen LogP contribution in [-0.2, 0) is 19.6 Å². The Kier molecular flexibility index (Phi) is 6.83. The van der Waals surface area contributed by atoms with E-state index in [2.05, 4.69) is 14.8 Å². The summed E-state index contributed by atoms with van der Waals surface area (Å²) in [4.78, 5) is 23.9. The van der Waals surface area contributed by atoms with Crippen LogP contribution in [0.5, 0.6) is 0 Å². The lowest BCUT2D eigenvalue weighted by Gasteiger charge is -2.16. The smallest absolute Gasteiger partial charge is 0.339 e. The van der Waals surface area contributed by atoms with Crippen LogP contribution >= 0.6 is 23.2 Å². The van der Waals surface area contributed by atoms with Crippen LogP contribution in [0.3, 0.4) is 0 Å². The Labute approximate surface area is 166 Å². The van der Waals surface area contributed by atoms with Crippen LogP contribution in [0.2, 0.25) is 10.0 Å². The number of para-hydroxylation sites is 1. The third-order valence-electron chi connectivity index (χ3n) is 3.50. The largest absolute Gasteiger partial charge is 0.465 e. The van der Waals surface area contributed by atoms with Crippen molar-refractivity contribution in [2.24, 2.45) is 0 Å². The van der Waals surface area contributed by atoms with Gasteiger partial charge in [0.25, 0.3) is 0 Å². The second-order valence-corrected chi connectivity index (χ2v) is 7.97. The molecule has 0 saturated heterocycles. The summed E-state index contributed by atoms with van der Waals surface area (Å²) in [6.45, 7) is 1.35. The summed E-state index contributed by atoms with van der Waals surface area (Å²) in [5.74, 6) is -1.31. The van der Waals surface area contributed by atoms with E-state index in [4.69, 9.17) is 23.2 Å². The van der Waals surface area contributed by atoms with Crippen molar-refractivity contribution >= 4 is 50.8 Å². The molecule has 0 aliphatic heterocycles. The summed E-state index contributed by atoms with van der Waals surface area (Å²) in [6.07, 6.45) is 0. The van der Waals surface area contributed by atoms with E-state index in [9.17, 15) is 18.0 Å². The first-order valence-corrected chi connectivity index (χ1v) is 9.85. The van der Waals surface area contributed by atoms with Crippen molar-refractivity contribution < 1.29 is 22.7 Å². The van der Waals surface area contributed by atoms with Gasteiger partial charge in [-0.05, 0) is 37.3 Å². The molecular formula is C17H16Cl2N2O5S. The maximum absolute atomic E-state index is 12.5.